The second-order valence-corrected chi connectivity index (χ2v) is 5.84. The smallest absolute Gasteiger partial charge is 0.0745 e. The van der Waals surface area contributed by atoms with Crippen molar-refractivity contribution < 1.29 is 4.74 Å². The van der Waals surface area contributed by atoms with Gasteiger partial charge in [-0.2, -0.15) is 0 Å². The number of pyridine rings is 1. The summed E-state index contributed by atoms with van der Waals surface area (Å²) in [7, 11) is 1.74. The van der Waals surface area contributed by atoms with Crippen LogP contribution in [0.2, 0.25) is 0 Å². The highest BCUT2D eigenvalue weighted by Gasteiger charge is 2.33. The number of anilines is 2. The average molecular weight is 285 g/mol. The van der Waals surface area contributed by atoms with E-state index >= 15 is 0 Å². The van der Waals surface area contributed by atoms with Gasteiger partial charge in [-0.05, 0) is 31.7 Å². The SMILES string of the molecule is COCCN(c1c(N)cnc2ccccc12)C(C)C1CC1. The minimum absolute atomic E-state index is 0.480. The van der Waals surface area contributed by atoms with Crippen molar-refractivity contribution in [3.8, 4) is 0 Å². The average Bonchev–Trinajstić information content (AvgIpc) is 3.33. The fraction of sp³-hybridized carbons (Fsp3) is 0.471. The molecule has 4 nitrogen and oxygen atoms in total. The highest BCUT2D eigenvalue weighted by atomic mass is 16.5. The van der Waals surface area contributed by atoms with Crippen LogP contribution in [0.5, 0.6) is 0 Å². The van der Waals surface area contributed by atoms with Crippen LogP contribution < -0.4 is 10.6 Å². The molecule has 21 heavy (non-hydrogen) atoms. The minimum atomic E-state index is 0.480. The van der Waals surface area contributed by atoms with Gasteiger partial charge in [0, 0.05) is 25.1 Å². The number of hydrogen-bond acceptors (Lipinski definition) is 4. The molecule has 4 heteroatoms. The molecule has 1 heterocycles. The van der Waals surface area contributed by atoms with Gasteiger partial charge in [0.15, 0.2) is 0 Å². The first-order valence-electron chi connectivity index (χ1n) is 7.61. The van der Waals surface area contributed by atoms with Gasteiger partial charge in [-0.1, -0.05) is 18.2 Å². The summed E-state index contributed by atoms with van der Waals surface area (Å²) < 4.78 is 5.30. The van der Waals surface area contributed by atoms with E-state index in [1.54, 1.807) is 13.3 Å². The zero-order valence-electron chi connectivity index (χ0n) is 12.7. The van der Waals surface area contributed by atoms with E-state index in [-0.39, 0.29) is 0 Å². The van der Waals surface area contributed by atoms with Crippen LogP contribution in [0.1, 0.15) is 19.8 Å². The molecule has 0 spiro atoms. The van der Waals surface area contributed by atoms with Crippen LogP contribution in [0.4, 0.5) is 11.4 Å². The van der Waals surface area contributed by atoms with Gasteiger partial charge in [-0.3, -0.25) is 4.98 Å². The molecule has 1 fully saturated rings. The monoisotopic (exact) mass is 285 g/mol. The number of hydrogen-bond donors (Lipinski definition) is 1. The van der Waals surface area contributed by atoms with Crippen LogP contribution in [0.25, 0.3) is 10.9 Å². The van der Waals surface area contributed by atoms with Gasteiger partial charge in [0.1, 0.15) is 0 Å². The minimum Gasteiger partial charge on any atom is -0.396 e. The van der Waals surface area contributed by atoms with Gasteiger partial charge in [0.05, 0.1) is 29.7 Å². The molecule has 1 saturated carbocycles. The van der Waals surface area contributed by atoms with E-state index in [9.17, 15) is 0 Å². The number of nitrogen functional groups attached to an aromatic ring is 1. The van der Waals surface area contributed by atoms with Gasteiger partial charge in [-0.15, -0.1) is 0 Å². The number of para-hydroxylation sites is 1. The Morgan fingerprint density at radius 2 is 2.14 bits per heavy atom. The molecule has 0 radical (unpaired) electrons. The Labute approximate surface area is 125 Å². The second-order valence-electron chi connectivity index (χ2n) is 5.84. The first-order chi connectivity index (χ1) is 10.2. The Kier molecular flexibility index (Phi) is 3.97. The summed E-state index contributed by atoms with van der Waals surface area (Å²) in [6, 6.07) is 8.68. The summed E-state index contributed by atoms with van der Waals surface area (Å²) >= 11 is 0. The summed E-state index contributed by atoms with van der Waals surface area (Å²) in [4.78, 5) is 6.84. The van der Waals surface area contributed by atoms with Crippen molar-refractivity contribution in [2.45, 2.75) is 25.8 Å². The lowest BCUT2D eigenvalue weighted by Crippen LogP contribution is -2.38. The summed E-state index contributed by atoms with van der Waals surface area (Å²) in [5.74, 6) is 0.771. The number of fused-ring (bicyclic) bond motifs is 1. The first kappa shape index (κ1) is 14.1. The van der Waals surface area contributed by atoms with Crippen molar-refractivity contribution in [1.82, 2.24) is 4.98 Å². The molecule has 0 aliphatic heterocycles. The normalized spacial score (nSPS) is 16.1. The summed E-state index contributed by atoms with van der Waals surface area (Å²) in [5.41, 5.74) is 9.12. The lowest BCUT2D eigenvalue weighted by atomic mass is 10.1. The molecule has 0 amide bonds. The largest absolute Gasteiger partial charge is 0.396 e. The highest BCUT2D eigenvalue weighted by molar-refractivity contribution is 5.97. The Balaban J connectivity index is 2.06. The fourth-order valence-corrected chi connectivity index (χ4v) is 3.00. The standard InChI is InChI=1S/C17H23N3O/c1-12(13-7-8-13)20(9-10-21-2)17-14-5-3-4-6-16(14)19-11-15(17)18/h3-6,11-13H,7-10,18H2,1-2H3. The number of nitrogens with two attached hydrogens (primary N) is 1. The highest BCUT2D eigenvalue weighted by Crippen LogP contribution is 2.40. The second kappa shape index (κ2) is 5.90. The van der Waals surface area contributed by atoms with Crippen molar-refractivity contribution in [1.29, 1.82) is 0 Å². The van der Waals surface area contributed by atoms with Gasteiger partial charge < -0.3 is 15.4 Å². The number of methoxy groups -OCH3 is 1. The third-order valence-electron chi connectivity index (χ3n) is 4.39. The quantitative estimate of drug-likeness (QED) is 0.886. The van der Waals surface area contributed by atoms with Gasteiger partial charge in [-0.25, -0.2) is 0 Å². The lowest BCUT2D eigenvalue weighted by molar-refractivity contribution is 0.203. The molecule has 112 valence electrons. The van der Waals surface area contributed by atoms with Crippen LogP contribution in [0.15, 0.2) is 30.5 Å². The number of nitrogens with zero attached hydrogens (tertiary/aromatic N) is 2. The molecule has 1 aliphatic carbocycles. The number of rotatable bonds is 6. The van der Waals surface area contributed by atoms with Crippen LogP contribution in [-0.4, -0.2) is 31.3 Å². The van der Waals surface area contributed by atoms with E-state index in [0.29, 0.717) is 12.6 Å². The number of benzene rings is 1. The Hall–Kier alpha value is -1.81. The summed E-state index contributed by atoms with van der Waals surface area (Å²) in [5, 5.41) is 1.13. The zero-order chi connectivity index (χ0) is 14.8. The van der Waals surface area contributed by atoms with Crippen molar-refractivity contribution in [2.75, 3.05) is 30.9 Å². The number of ether oxygens (including phenoxy) is 1. The molecule has 0 saturated heterocycles. The zero-order valence-corrected chi connectivity index (χ0v) is 12.7. The van der Waals surface area contributed by atoms with E-state index in [1.807, 2.05) is 18.2 Å². The summed E-state index contributed by atoms with van der Waals surface area (Å²) in [6.45, 7) is 3.85. The fourth-order valence-electron chi connectivity index (χ4n) is 3.00. The molecule has 2 aromatic rings. The third-order valence-corrected chi connectivity index (χ3v) is 4.39. The maximum atomic E-state index is 6.27. The first-order valence-corrected chi connectivity index (χ1v) is 7.61. The Morgan fingerprint density at radius 1 is 1.38 bits per heavy atom. The topological polar surface area (TPSA) is 51.4 Å². The molecule has 0 bridgehead atoms. The van der Waals surface area contributed by atoms with Crippen molar-refractivity contribution in [3.05, 3.63) is 30.5 Å². The van der Waals surface area contributed by atoms with Crippen LogP contribution >= 0.6 is 0 Å². The number of aromatic nitrogens is 1. The maximum Gasteiger partial charge on any atom is 0.0745 e. The van der Waals surface area contributed by atoms with Gasteiger partial charge in [0.2, 0.25) is 0 Å². The molecule has 3 rings (SSSR count). The van der Waals surface area contributed by atoms with E-state index < -0.39 is 0 Å². The molecule has 1 aliphatic rings. The van der Waals surface area contributed by atoms with Crippen LogP contribution in [0, 0.1) is 5.92 Å². The summed E-state index contributed by atoms with van der Waals surface area (Å²) in [6.07, 6.45) is 4.40. The van der Waals surface area contributed by atoms with Crippen molar-refractivity contribution in [2.24, 2.45) is 5.92 Å². The third kappa shape index (κ3) is 2.81. The van der Waals surface area contributed by atoms with Crippen molar-refractivity contribution in [3.63, 3.8) is 0 Å². The molecule has 1 aromatic carbocycles. The Bertz CT molecular complexity index is 624. The predicted molar refractivity (Wildman–Crippen MR) is 87.6 cm³/mol. The van der Waals surface area contributed by atoms with Crippen molar-refractivity contribution >= 4 is 22.3 Å². The van der Waals surface area contributed by atoms with Gasteiger partial charge >= 0.3 is 0 Å². The van der Waals surface area contributed by atoms with Crippen LogP contribution in [0.3, 0.4) is 0 Å². The van der Waals surface area contributed by atoms with Gasteiger partial charge in [0.25, 0.3) is 0 Å². The molecule has 1 atom stereocenters. The molecule has 1 aromatic heterocycles. The van der Waals surface area contributed by atoms with E-state index in [2.05, 4.69) is 22.9 Å². The molecular formula is C17H23N3O. The maximum absolute atomic E-state index is 6.27. The van der Waals surface area contributed by atoms with Crippen LogP contribution in [-0.2, 0) is 4.74 Å². The van der Waals surface area contributed by atoms with E-state index in [1.165, 1.54) is 12.8 Å². The Morgan fingerprint density at radius 3 is 2.86 bits per heavy atom. The van der Waals surface area contributed by atoms with E-state index in [4.69, 9.17) is 10.5 Å². The van der Waals surface area contributed by atoms with E-state index in [0.717, 1.165) is 34.7 Å². The molecular weight excluding hydrogens is 262 g/mol. The molecule has 2 N–H and O–H groups in total. The molecule has 1 unspecified atom stereocenters. The predicted octanol–water partition coefficient (Wildman–Crippen LogP) is 3.07. The lowest BCUT2D eigenvalue weighted by Gasteiger charge is -2.33.